The molecule has 0 bridgehead atoms. The lowest BCUT2D eigenvalue weighted by molar-refractivity contribution is 0.0666. The predicted molar refractivity (Wildman–Crippen MR) is 104 cm³/mol. The fraction of sp³-hybridized carbons (Fsp3) is 0.429. The summed E-state index contributed by atoms with van der Waals surface area (Å²) in [7, 11) is 0. The minimum atomic E-state index is 0.0239. The smallest absolute Gasteiger partial charge is 0.272 e. The summed E-state index contributed by atoms with van der Waals surface area (Å²) < 4.78 is 2.12. The van der Waals surface area contributed by atoms with Crippen molar-refractivity contribution in [3.63, 3.8) is 0 Å². The van der Waals surface area contributed by atoms with Crippen LogP contribution in [0.2, 0.25) is 0 Å². The number of carbonyl (C=O) groups is 1. The van der Waals surface area contributed by atoms with Gasteiger partial charge in [0.2, 0.25) is 0 Å². The molecule has 1 unspecified atom stereocenters. The van der Waals surface area contributed by atoms with Gasteiger partial charge in [0.25, 0.3) is 5.91 Å². The van der Waals surface area contributed by atoms with Crippen molar-refractivity contribution in [2.24, 2.45) is 5.92 Å². The van der Waals surface area contributed by atoms with Crippen LogP contribution in [0.5, 0.6) is 0 Å². The Balaban J connectivity index is 1.48. The Hall–Kier alpha value is -2.76. The molecular formula is C21H25N5O. The minimum absolute atomic E-state index is 0.0239. The van der Waals surface area contributed by atoms with Crippen LogP contribution in [0.1, 0.15) is 49.0 Å². The fourth-order valence-corrected chi connectivity index (χ4v) is 3.87. The molecule has 0 spiro atoms. The Bertz CT molecular complexity index is 948. The standard InChI is InChI=1S/C21H25N5O/c1-15(2)26-14-22-24-20(26)12-16-6-5-11-25(13-16)21(27)19-10-9-17-7-3-4-8-18(17)23-19/h3-4,7-10,14-16H,5-6,11-13H2,1-2H3. The van der Waals surface area contributed by atoms with Crippen LogP contribution >= 0.6 is 0 Å². The van der Waals surface area contributed by atoms with Gasteiger partial charge in [-0.1, -0.05) is 24.3 Å². The topological polar surface area (TPSA) is 63.9 Å². The SMILES string of the molecule is CC(C)n1cnnc1CC1CCCN(C(=O)c2ccc3ccccc3n2)C1. The number of nitrogens with zero attached hydrogens (tertiary/aromatic N) is 5. The molecule has 27 heavy (non-hydrogen) atoms. The van der Waals surface area contributed by atoms with Gasteiger partial charge in [-0.05, 0) is 44.7 Å². The number of pyridine rings is 1. The van der Waals surface area contributed by atoms with Crippen LogP contribution in [0.15, 0.2) is 42.7 Å². The van der Waals surface area contributed by atoms with Crippen LogP contribution < -0.4 is 0 Å². The molecule has 3 aromatic rings. The van der Waals surface area contributed by atoms with Crippen molar-refractivity contribution >= 4 is 16.8 Å². The number of carbonyl (C=O) groups excluding carboxylic acids is 1. The number of aromatic nitrogens is 4. The number of likely N-dealkylation sites (tertiary alicyclic amines) is 1. The molecule has 0 radical (unpaired) electrons. The number of amides is 1. The molecular weight excluding hydrogens is 338 g/mol. The van der Waals surface area contributed by atoms with Crippen molar-refractivity contribution in [1.29, 1.82) is 0 Å². The van der Waals surface area contributed by atoms with E-state index < -0.39 is 0 Å². The summed E-state index contributed by atoms with van der Waals surface area (Å²) in [6.45, 7) is 5.81. The molecule has 1 saturated heterocycles. The van der Waals surface area contributed by atoms with E-state index in [1.165, 1.54) is 0 Å². The van der Waals surface area contributed by atoms with E-state index in [2.05, 4.69) is 33.6 Å². The van der Waals surface area contributed by atoms with E-state index >= 15 is 0 Å². The summed E-state index contributed by atoms with van der Waals surface area (Å²) in [6, 6.07) is 12.0. The predicted octanol–water partition coefficient (Wildman–Crippen LogP) is 3.50. The highest BCUT2D eigenvalue weighted by Gasteiger charge is 2.26. The summed E-state index contributed by atoms with van der Waals surface area (Å²) in [5.41, 5.74) is 1.39. The summed E-state index contributed by atoms with van der Waals surface area (Å²) in [6.07, 6.45) is 4.78. The number of rotatable bonds is 4. The van der Waals surface area contributed by atoms with E-state index in [9.17, 15) is 4.79 Å². The monoisotopic (exact) mass is 363 g/mol. The maximum atomic E-state index is 13.0. The number of hydrogen-bond donors (Lipinski definition) is 0. The molecule has 4 rings (SSSR count). The second kappa shape index (κ2) is 7.47. The van der Waals surface area contributed by atoms with Crippen LogP contribution in [0, 0.1) is 5.92 Å². The van der Waals surface area contributed by atoms with Gasteiger partial charge in [-0.25, -0.2) is 4.98 Å². The van der Waals surface area contributed by atoms with Gasteiger partial charge < -0.3 is 9.47 Å². The third-order valence-corrected chi connectivity index (χ3v) is 5.30. The molecule has 0 saturated carbocycles. The number of fused-ring (bicyclic) bond motifs is 1. The second-order valence-corrected chi connectivity index (χ2v) is 7.60. The van der Waals surface area contributed by atoms with Gasteiger partial charge in [0, 0.05) is 30.9 Å². The van der Waals surface area contributed by atoms with Crippen molar-refractivity contribution in [3.8, 4) is 0 Å². The molecule has 1 aromatic carbocycles. The first-order valence-corrected chi connectivity index (χ1v) is 9.65. The van der Waals surface area contributed by atoms with E-state index in [1.54, 1.807) is 6.33 Å². The average molecular weight is 363 g/mol. The molecule has 2 aromatic heterocycles. The summed E-state index contributed by atoms with van der Waals surface area (Å²) in [5, 5.41) is 9.41. The first-order valence-electron chi connectivity index (χ1n) is 9.65. The number of piperidine rings is 1. The average Bonchev–Trinajstić information content (AvgIpc) is 3.15. The quantitative estimate of drug-likeness (QED) is 0.712. The number of para-hydroxylation sites is 1. The molecule has 1 fully saturated rings. The molecule has 140 valence electrons. The summed E-state index contributed by atoms with van der Waals surface area (Å²) >= 11 is 0. The van der Waals surface area contributed by atoms with Crippen LogP contribution in [-0.4, -0.2) is 43.6 Å². The van der Waals surface area contributed by atoms with E-state index in [-0.39, 0.29) is 5.91 Å². The molecule has 3 heterocycles. The fourth-order valence-electron chi connectivity index (χ4n) is 3.87. The Morgan fingerprint density at radius 2 is 2.07 bits per heavy atom. The molecule has 0 N–H and O–H groups in total. The first kappa shape index (κ1) is 17.6. The number of hydrogen-bond acceptors (Lipinski definition) is 4. The van der Waals surface area contributed by atoms with Gasteiger partial charge in [-0.15, -0.1) is 10.2 Å². The van der Waals surface area contributed by atoms with E-state index in [0.29, 0.717) is 17.7 Å². The van der Waals surface area contributed by atoms with Gasteiger partial charge in [-0.2, -0.15) is 0 Å². The number of benzene rings is 1. The lowest BCUT2D eigenvalue weighted by atomic mass is 9.94. The van der Waals surface area contributed by atoms with E-state index in [1.807, 2.05) is 41.3 Å². The maximum absolute atomic E-state index is 13.0. The van der Waals surface area contributed by atoms with Gasteiger partial charge in [0.05, 0.1) is 5.52 Å². The Labute approximate surface area is 159 Å². The third kappa shape index (κ3) is 3.70. The highest BCUT2D eigenvalue weighted by atomic mass is 16.2. The molecule has 1 atom stereocenters. The Morgan fingerprint density at radius 1 is 1.22 bits per heavy atom. The van der Waals surface area contributed by atoms with Crippen molar-refractivity contribution in [1.82, 2.24) is 24.6 Å². The lowest BCUT2D eigenvalue weighted by Crippen LogP contribution is -2.41. The van der Waals surface area contributed by atoms with E-state index in [0.717, 1.165) is 49.1 Å². The van der Waals surface area contributed by atoms with Crippen LogP contribution in [0.25, 0.3) is 10.9 Å². The third-order valence-electron chi connectivity index (χ3n) is 5.30. The molecule has 1 aliphatic rings. The molecule has 6 heteroatoms. The molecule has 0 aliphatic carbocycles. The van der Waals surface area contributed by atoms with Gasteiger partial charge in [-0.3, -0.25) is 4.79 Å². The molecule has 1 aliphatic heterocycles. The van der Waals surface area contributed by atoms with Crippen molar-refractivity contribution in [2.75, 3.05) is 13.1 Å². The van der Waals surface area contributed by atoms with Crippen LogP contribution in [0.4, 0.5) is 0 Å². The van der Waals surface area contributed by atoms with Crippen molar-refractivity contribution in [2.45, 2.75) is 39.2 Å². The minimum Gasteiger partial charge on any atom is -0.337 e. The summed E-state index contributed by atoms with van der Waals surface area (Å²) in [4.78, 5) is 19.5. The zero-order chi connectivity index (χ0) is 18.8. The zero-order valence-electron chi connectivity index (χ0n) is 15.9. The van der Waals surface area contributed by atoms with Crippen molar-refractivity contribution in [3.05, 3.63) is 54.2 Å². The van der Waals surface area contributed by atoms with Gasteiger partial charge in [0.1, 0.15) is 17.8 Å². The molecule has 1 amide bonds. The highest BCUT2D eigenvalue weighted by Crippen LogP contribution is 2.23. The summed E-state index contributed by atoms with van der Waals surface area (Å²) in [5.74, 6) is 1.44. The largest absolute Gasteiger partial charge is 0.337 e. The lowest BCUT2D eigenvalue weighted by Gasteiger charge is -2.32. The van der Waals surface area contributed by atoms with Crippen LogP contribution in [0.3, 0.4) is 0 Å². The maximum Gasteiger partial charge on any atom is 0.272 e. The first-order chi connectivity index (χ1) is 13.1. The molecule has 6 nitrogen and oxygen atoms in total. The van der Waals surface area contributed by atoms with Gasteiger partial charge in [0.15, 0.2) is 0 Å². The second-order valence-electron chi connectivity index (χ2n) is 7.60. The Morgan fingerprint density at radius 3 is 2.93 bits per heavy atom. The van der Waals surface area contributed by atoms with Gasteiger partial charge >= 0.3 is 0 Å². The highest BCUT2D eigenvalue weighted by molar-refractivity contribution is 5.95. The normalized spacial score (nSPS) is 17.6. The zero-order valence-corrected chi connectivity index (χ0v) is 15.9. The van der Waals surface area contributed by atoms with Crippen LogP contribution in [-0.2, 0) is 6.42 Å². The Kier molecular flexibility index (Phi) is 4.88. The van der Waals surface area contributed by atoms with E-state index in [4.69, 9.17) is 0 Å². The van der Waals surface area contributed by atoms with Crippen molar-refractivity contribution < 1.29 is 4.79 Å².